The second kappa shape index (κ2) is 13.3. The van der Waals surface area contributed by atoms with Crippen LogP contribution in [0, 0.1) is 43.0 Å². The Labute approximate surface area is 150 Å². The Morgan fingerprint density at radius 1 is 0.684 bits per heavy atom. The monoisotopic (exact) mass is 413 g/mol. The normalized spacial score (nSPS) is 8.63. The molecular weight excluding hydrogens is 390 g/mol. The third-order valence-electron chi connectivity index (χ3n) is 1.84. The molecule has 0 aromatic heterocycles. The van der Waals surface area contributed by atoms with Gasteiger partial charge in [0, 0.05) is 44.4 Å². The Morgan fingerprint density at radius 2 is 0.947 bits per heavy atom. The zero-order valence-corrected chi connectivity index (χ0v) is 18.0. The summed E-state index contributed by atoms with van der Waals surface area (Å²) < 4.78 is 0. The smallest absolute Gasteiger partial charge is 0.0379 e. The first-order valence-corrected chi connectivity index (χ1v) is 9.82. The van der Waals surface area contributed by atoms with Gasteiger partial charge in [-0.1, -0.05) is 88.9 Å². The van der Waals surface area contributed by atoms with E-state index in [1.54, 1.807) is 0 Å². The van der Waals surface area contributed by atoms with Crippen LogP contribution in [-0.2, 0) is 0 Å². The van der Waals surface area contributed by atoms with E-state index in [1.165, 1.54) is 10.6 Å². The quantitative estimate of drug-likeness (QED) is 0.395. The number of hydrogen-bond acceptors (Lipinski definition) is 0. The molecule has 0 heterocycles. The van der Waals surface area contributed by atoms with Crippen molar-refractivity contribution in [3.8, 4) is 0 Å². The average Bonchev–Trinajstić information content (AvgIpc) is 2.31. The van der Waals surface area contributed by atoms with Crippen LogP contribution in [0.1, 0.15) is 0 Å². The molecule has 0 spiro atoms. The minimum absolute atomic E-state index is 0. The van der Waals surface area contributed by atoms with Crippen LogP contribution < -0.4 is 10.6 Å². The van der Waals surface area contributed by atoms with Gasteiger partial charge < -0.3 is 7.43 Å². The SMILES string of the molecule is C[Si](C)C.[CH3-].[La].c1ccc(Pc2ccccc2)cc1. The van der Waals surface area contributed by atoms with Crippen molar-refractivity contribution >= 4 is 28.0 Å². The maximum absolute atomic E-state index is 2.27. The summed E-state index contributed by atoms with van der Waals surface area (Å²) in [4.78, 5) is 0. The summed E-state index contributed by atoms with van der Waals surface area (Å²) in [6.07, 6.45) is 0. The van der Waals surface area contributed by atoms with Gasteiger partial charge in [-0.15, -0.1) is 0 Å². The summed E-state index contributed by atoms with van der Waals surface area (Å²) in [6.45, 7) is 6.81. The topological polar surface area (TPSA) is 0 Å². The van der Waals surface area contributed by atoms with Crippen molar-refractivity contribution in [1.82, 2.24) is 0 Å². The van der Waals surface area contributed by atoms with E-state index in [4.69, 9.17) is 0 Å². The predicted octanol–water partition coefficient (Wildman–Crippen LogP) is 4.14. The average molecular weight is 413 g/mol. The molecule has 0 saturated heterocycles. The molecule has 0 fully saturated rings. The third-order valence-corrected chi connectivity index (χ3v) is 3.08. The van der Waals surface area contributed by atoms with Gasteiger partial charge in [-0.05, 0) is 10.6 Å². The van der Waals surface area contributed by atoms with Gasteiger partial charge in [0.1, 0.15) is 0 Å². The summed E-state index contributed by atoms with van der Waals surface area (Å²) in [5.41, 5.74) is 0. The van der Waals surface area contributed by atoms with Crippen molar-refractivity contribution in [2.24, 2.45) is 0 Å². The molecule has 0 aliphatic carbocycles. The molecule has 2 aromatic rings. The zero-order valence-electron chi connectivity index (χ0n) is 12.4. The minimum Gasteiger partial charge on any atom is -0.358 e. The molecule has 0 N–H and O–H groups in total. The fourth-order valence-electron chi connectivity index (χ4n) is 1.21. The van der Waals surface area contributed by atoms with E-state index < -0.39 is 0 Å². The number of rotatable bonds is 2. The minimum atomic E-state index is 0. The van der Waals surface area contributed by atoms with Crippen molar-refractivity contribution in [2.45, 2.75) is 19.6 Å². The molecule has 0 saturated carbocycles. The largest absolute Gasteiger partial charge is 0.358 e. The molecule has 2 aromatic carbocycles. The van der Waals surface area contributed by atoms with Crippen LogP contribution in [0.5, 0.6) is 0 Å². The van der Waals surface area contributed by atoms with Gasteiger partial charge in [-0.3, -0.25) is 0 Å². The van der Waals surface area contributed by atoms with Gasteiger partial charge in [-0.25, -0.2) is 0 Å². The maximum atomic E-state index is 2.27. The van der Waals surface area contributed by atoms with Crippen molar-refractivity contribution in [2.75, 3.05) is 0 Å². The first-order valence-electron chi connectivity index (χ1n) is 5.82. The molecule has 0 aliphatic rings. The van der Waals surface area contributed by atoms with Crippen molar-refractivity contribution in [3.05, 3.63) is 68.1 Å². The predicted molar refractivity (Wildman–Crippen MR) is 90.2 cm³/mol. The first kappa shape index (κ1) is 21.6. The summed E-state index contributed by atoms with van der Waals surface area (Å²) in [5.74, 6) is 0. The standard InChI is InChI=1S/C12H11P.C3H9Si.CH3.La/c1-3-7-11(8-4-1)13-12-9-5-2-6-10-12;1-4(2)3;;/h1-10,13H;1-3H3;1H3;/q;;-1;. The molecule has 0 amide bonds. The van der Waals surface area contributed by atoms with Crippen LogP contribution >= 0.6 is 8.58 Å². The van der Waals surface area contributed by atoms with Crippen LogP contribution in [0.15, 0.2) is 60.7 Å². The Morgan fingerprint density at radius 3 is 1.21 bits per heavy atom. The fraction of sp³-hybridized carbons (Fsp3) is 0.188. The van der Waals surface area contributed by atoms with Crippen LogP contribution in [0.2, 0.25) is 19.6 Å². The molecule has 100 valence electrons. The molecule has 2 rings (SSSR count). The van der Waals surface area contributed by atoms with Crippen molar-refractivity contribution < 1.29 is 35.6 Å². The molecule has 0 atom stereocenters. The van der Waals surface area contributed by atoms with E-state index in [0.717, 1.165) is 8.58 Å². The van der Waals surface area contributed by atoms with Gasteiger partial charge >= 0.3 is 0 Å². The summed E-state index contributed by atoms with van der Waals surface area (Å²) >= 11 is 0. The van der Waals surface area contributed by atoms with Gasteiger partial charge in [0.05, 0.1) is 0 Å². The summed E-state index contributed by atoms with van der Waals surface area (Å²) in [6, 6.07) is 21.2. The van der Waals surface area contributed by atoms with Crippen LogP contribution in [0.4, 0.5) is 0 Å². The van der Waals surface area contributed by atoms with Gasteiger partial charge in [0.25, 0.3) is 0 Å². The summed E-state index contributed by atoms with van der Waals surface area (Å²) in [7, 11) is 0.897. The Kier molecular flexibility index (Phi) is 15.1. The molecule has 0 aliphatic heterocycles. The maximum Gasteiger partial charge on any atom is 0.0379 e. The molecule has 0 unspecified atom stereocenters. The molecule has 0 nitrogen and oxygen atoms in total. The van der Waals surface area contributed by atoms with E-state index in [1.807, 2.05) is 0 Å². The third kappa shape index (κ3) is 11.8. The van der Waals surface area contributed by atoms with E-state index in [9.17, 15) is 0 Å². The first-order chi connectivity index (χ1) is 8.18. The van der Waals surface area contributed by atoms with Gasteiger partial charge in [-0.2, -0.15) is 0 Å². The Balaban J connectivity index is 0. The van der Waals surface area contributed by atoms with Crippen LogP contribution in [-0.4, -0.2) is 8.80 Å². The van der Waals surface area contributed by atoms with E-state index in [-0.39, 0.29) is 51.8 Å². The Hall–Kier alpha value is 0.282. The molecule has 19 heavy (non-hydrogen) atoms. The van der Waals surface area contributed by atoms with E-state index in [2.05, 4.69) is 80.3 Å². The molecule has 3 heteroatoms. The van der Waals surface area contributed by atoms with E-state index >= 15 is 0 Å². The van der Waals surface area contributed by atoms with Crippen LogP contribution in [0.25, 0.3) is 0 Å². The van der Waals surface area contributed by atoms with Gasteiger partial charge in [0.15, 0.2) is 0 Å². The molecule has 0 bridgehead atoms. The second-order valence-electron chi connectivity index (χ2n) is 4.36. The number of hydrogen-bond donors (Lipinski definition) is 0. The molecule has 2 radical (unpaired) electrons. The second-order valence-corrected chi connectivity index (χ2v) is 8.76. The van der Waals surface area contributed by atoms with Gasteiger partial charge in [0.2, 0.25) is 0 Å². The van der Waals surface area contributed by atoms with Crippen molar-refractivity contribution in [3.63, 3.8) is 0 Å². The zero-order chi connectivity index (χ0) is 12.5. The summed E-state index contributed by atoms with van der Waals surface area (Å²) in [5, 5.41) is 2.79. The number of benzene rings is 2. The molecular formula is C16H23LaPSi-. The Bertz CT molecular complexity index is 363. The van der Waals surface area contributed by atoms with E-state index in [0.29, 0.717) is 0 Å². The van der Waals surface area contributed by atoms with Crippen LogP contribution in [0.3, 0.4) is 0 Å². The fourth-order valence-corrected chi connectivity index (χ4v) is 2.26. The van der Waals surface area contributed by atoms with Crippen molar-refractivity contribution in [1.29, 1.82) is 0 Å².